The lowest BCUT2D eigenvalue weighted by Gasteiger charge is -2.14. The summed E-state index contributed by atoms with van der Waals surface area (Å²) in [6.07, 6.45) is 6.15. The molecular weight excluding hydrogens is 264 g/mol. The van der Waals surface area contributed by atoms with E-state index in [0.29, 0.717) is 6.04 Å². The highest BCUT2D eigenvalue weighted by atomic mass is 32.1. The van der Waals surface area contributed by atoms with E-state index in [9.17, 15) is 0 Å². The molecule has 0 aliphatic heterocycles. The molecule has 0 spiro atoms. The summed E-state index contributed by atoms with van der Waals surface area (Å²) in [5.41, 5.74) is 14.0. The molecule has 1 aliphatic carbocycles. The van der Waals surface area contributed by atoms with E-state index in [1.165, 1.54) is 16.0 Å². The highest BCUT2D eigenvalue weighted by Gasteiger charge is 2.07. The standard InChI is InChI=1S/C10H11N.C7H11NS/c11-10-6-5-8-3-1-2-4-9(8)7-10;1-6(8)5-7-3-2-4-9-7/h1-6,10H,7,11H2;2-4,6H,5,8H2,1H3. The second kappa shape index (κ2) is 7.39. The van der Waals surface area contributed by atoms with Crippen LogP contribution in [0.4, 0.5) is 0 Å². The lowest BCUT2D eigenvalue weighted by atomic mass is 9.95. The average molecular weight is 286 g/mol. The Morgan fingerprint density at radius 2 is 2.05 bits per heavy atom. The molecule has 2 atom stereocenters. The van der Waals surface area contributed by atoms with Crippen molar-refractivity contribution < 1.29 is 0 Å². The van der Waals surface area contributed by atoms with Gasteiger partial charge in [-0.05, 0) is 42.3 Å². The van der Waals surface area contributed by atoms with Crippen LogP contribution in [0.3, 0.4) is 0 Å². The number of rotatable bonds is 2. The second-order valence-corrected chi connectivity index (χ2v) is 6.22. The number of nitrogens with two attached hydrogens (primary N) is 2. The first-order chi connectivity index (χ1) is 9.65. The van der Waals surface area contributed by atoms with Gasteiger partial charge >= 0.3 is 0 Å². The molecule has 2 unspecified atom stereocenters. The van der Waals surface area contributed by atoms with E-state index in [0.717, 1.165) is 12.8 Å². The van der Waals surface area contributed by atoms with Crippen molar-refractivity contribution in [1.82, 2.24) is 0 Å². The summed E-state index contributed by atoms with van der Waals surface area (Å²) in [7, 11) is 0. The highest BCUT2D eigenvalue weighted by Crippen LogP contribution is 2.17. The summed E-state index contributed by atoms with van der Waals surface area (Å²) in [5, 5.41) is 2.08. The Balaban J connectivity index is 0.000000151. The Morgan fingerprint density at radius 1 is 1.25 bits per heavy atom. The van der Waals surface area contributed by atoms with Crippen molar-refractivity contribution in [3.8, 4) is 0 Å². The van der Waals surface area contributed by atoms with E-state index in [-0.39, 0.29) is 6.04 Å². The Kier molecular flexibility index (Phi) is 5.53. The van der Waals surface area contributed by atoms with Crippen LogP contribution in [-0.2, 0) is 12.8 Å². The van der Waals surface area contributed by atoms with Crippen LogP contribution >= 0.6 is 11.3 Å². The molecule has 3 heteroatoms. The Labute approximate surface area is 125 Å². The largest absolute Gasteiger partial charge is 0.328 e. The molecule has 0 fully saturated rings. The summed E-state index contributed by atoms with van der Waals surface area (Å²) in [6.45, 7) is 2.03. The SMILES string of the molecule is CC(N)Cc1cccs1.NC1C=Cc2ccccc2C1. The van der Waals surface area contributed by atoms with Gasteiger partial charge in [-0.1, -0.05) is 42.5 Å². The molecule has 0 saturated heterocycles. The maximum absolute atomic E-state index is 5.76. The van der Waals surface area contributed by atoms with Crippen molar-refractivity contribution in [2.75, 3.05) is 0 Å². The second-order valence-electron chi connectivity index (χ2n) is 5.19. The molecule has 0 bridgehead atoms. The molecule has 2 aromatic rings. The number of hydrogen-bond donors (Lipinski definition) is 2. The van der Waals surface area contributed by atoms with Crippen molar-refractivity contribution in [2.45, 2.75) is 31.8 Å². The first kappa shape index (κ1) is 15.0. The zero-order chi connectivity index (χ0) is 14.4. The Hall–Kier alpha value is -1.42. The maximum atomic E-state index is 5.76. The van der Waals surface area contributed by atoms with E-state index in [2.05, 4.69) is 53.9 Å². The molecule has 3 rings (SSSR count). The van der Waals surface area contributed by atoms with Crippen LogP contribution < -0.4 is 11.5 Å². The van der Waals surface area contributed by atoms with Crippen LogP contribution in [0.15, 0.2) is 47.9 Å². The fraction of sp³-hybridized carbons (Fsp3) is 0.294. The zero-order valence-corrected chi connectivity index (χ0v) is 12.6. The van der Waals surface area contributed by atoms with Gasteiger partial charge in [0, 0.05) is 17.0 Å². The van der Waals surface area contributed by atoms with E-state index in [1.807, 2.05) is 6.92 Å². The molecule has 1 aliphatic rings. The quantitative estimate of drug-likeness (QED) is 0.890. The molecule has 0 saturated carbocycles. The molecule has 0 radical (unpaired) electrons. The molecule has 1 aromatic carbocycles. The van der Waals surface area contributed by atoms with Gasteiger partial charge < -0.3 is 11.5 Å². The van der Waals surface area contributed by atoms with Crippen molar-refractivity contribution in [1.29, 1.82) is 0 Å². The summed E-state index contributed by atoms with van der Waals surface area (Å²) in [6, 6.07) is 13.1. The number of fused-ring (bicyclic) bond motifs is 1. The third-order valence-electron chi connectivity index (χ3n) is 3.14. The van der Waals surface area contributed by atoms with E-state index in [1.54, 1.807) is 11.3 Å². The zero-order valence-electron chi connectivity index (χ0n) is 11.8. The summed E-state index contributed by atoms with van der Waals surface area (Å²) in [4.78, 5) is 1.38. The fourth-order valence-electron chi connectivity index (χ4n) is 2.18. The molecular formula is C17H22N2S. The van der Waals surface area contributed by atoms with Crippen LogP contribution in [-0.4, -0.2) is 12.1 Å². The van der Waals surface area contributed by atoms with Gasteiger partial charge in [0.15, 0.2) is 0 Å². The fourth-order valence-corrected chi connectivity index (χ4v) is 3.03. The molecule has 2 nitrogen and oxygen atoms in total. The monoisotopic (exact) mass is 286 g/mol. The normalized spacial score (nSPS) is 17.9. The van der Waals surface area contributed by atoms with E-state index < -0.39 is 0 Å². The van der Waals surface area contributed by atoms with Crippen molar-refractivity contribution in [2.24, 2.45) is 11.5 Å². The minimum atomic E-state index is 0.213. The highest BCUT2D eigenvalue weighted by molar-refractivity contribution is 7.09. The third-order valence-corrected chi connectivity index (χ3v) is 4.04. The van der Waals surface area contributed by atoms with Crippen molar-refractivity contribution in [3.05, 3.63) is 63.9 Å². The molecule has 20 heavy (non-hydrogen) atoms. The first-order valence-corrected chi connectivity index (χ1v) is 7.83. The van der Waals surface area contributed by atoms with E-state index >= 15 is 0 Å². The molecule has 0 amide bonds. The topological polar surface area (TPSA) is 52.0 Å². The summed E-state index contributed by atoms with van der Waals surface area (Å²) >= 11 is 1.77. The molecule has 4 N–H and O–H groups in total. The first-order valence-electron chi connectivity index (χ1n) is 6.95. The van der Waals surface area contributed by atoms with Gasteiger partial charge in [0.1, 0.15) is 0 Å². The number of hydrogen-bond acceptors (Lipinski definition) is 3. The van der Waals surface area contributed by atoms with Crippen molar-refractivity contribution in [3.63, 3.8) is 0 Å². The van der Waals surface area contributed by atoms with E-state index in [4.69, 9.17) is 11.5 Å². The van der Waals surface area contributed by atoms with Crippen LogP contribution in [0.2, 0.25) is 0 Å². The maximum Gasteiger partial charge on any atom is 0.0268 e. The Morgan fingerprint density at radius 3 is 2.75 bits per heavy atom. The van der Waals surface area contributed by atoms with Crippen molar-refractivity contribution >= 4 is 17.4 Å². The molecule has 1 heterocycles. The average Bonchev–Trinajstić information content (AvgIpc) is 2.91. The minimum absolute atomic E-state index is 0.213. The van der Waals surface area contributed by atoms with Gasteiger partial charge in [-0.2, -0.15) is 0 Å². The lowest BCUT2D eigenvalue weighted by molar-refractivity contribution is 0.746. The summed E-state index contributed by atoms with van der Waals surface area (Å²) in [5.74, 6) is 0. The van der Waals surface area contributed by atoms with Gasteiger partial charge in [-0.3, -0.25) is 0 Å². The molecule has 106 valence electrons. The van der Waals surface area contributed by atoms with Gasteiger partial charge in [-0.25, -0.2) is 0 Å². The Bertz CT molecular complexity index is 544. The number of benzene rings is 1. The molecule has 1 aromatic heterocycles. The van der Waals surface area contributed by atoms with Crippen LogP contribution in [0.25, 0.3) is 6.08 Å². The third kappa shape index (κ3) is 4.60. The van der Waals surface area contributed by atoms with Crippen LogP contribution in [0.1, 0.15) is 22.9 Å². The number of thiophene rings is 1. The lowest BCUT2D eigenvalue weighted by Crippen LogP contribution is -2.22. The predicted molar refractivity (Wildman–Crippen MR) is 88.8 cm³/mol. The van der Waals surface area contributed by atoms with Crippen LogP contribution in [0, 0.1) is 0 Å². The smallest absolute Gasteiger partial charge is 0.0268 e. The van der Waals surface area contributed by atoms with Crippen LogP contribution in [0.5, 0.6) is 0 Å². The van der Waals surface area contributed by atoms with Gasteiger partial charge in [0.25, 0.3) is 0 Å². The summed E-state index contributed by atoms with van der Waals surface area (Å²) < 4.78 is 0. The van der Waals surface area contributed by atoms with Gasteiger partial charge in [0.05, 0.1) is 0 Å². The van der Waals surface area contributed by atoms with Gasteiger partial charge in [-0.15, -0.1) is 11.3 Å². The van der Waals surface area contributed by atoms with Gasteiger partial charge in [0.2, 0.25) is 0 Å². The predicted octanol–water partition coefficient (Wildman–Crippen LogP) is 3.22. The minimum Gasteiger partial charge on any atom is -0.328 e.